The zero-order chi connectivity index (χ0) is 20.8. The average molecular weight is 393 g/mol. The first-order valence-corrected chi connectivity index (χ1v) is 8.86. The molecule has 0 spiro atoms. The van der Waals surface area contributed by atoms with Crippen LogP contribution in [0.4, 0.5) is 11.5 Å². The fraction of sp³-hybridized carbons (Fsp3) is 0.150. The molecule has 9 heteroatoms. The Morgan fingerprint density at radius 1 is 1.10 bits per heavy atom. The molecule has 0 aliphatic heterocycles. The highest BCUT2D eigenvalue weighted by molar-refractivity contribution is 6.03. The van der Waals surface area contributed by atoms with Crippen molar-refractivity contribution >= 4 is 23.3 Å². The zero-order valence-corrected chi connectivity index (χ0v) is 15.6. The van der Waals surface area contributed by atoms with Crippen LogP contribution in [-0.4, -0.2) is 26.5 Å². The predicted molar refractivity (Wildman–Crippen MR) is 106 cm³/mol. The quantitative estimate of drug-likeness (QED) is 0.472. The first-order valence-electron chi connectivity index (χ1n) is 8.86. The van der Waals surface area contributed by atoms with Crippen molar-refractivity contribution in [3.8, 4) is 0 Å². The Morgan fingerprint density at radius 2 is 1.79 bits per heavy atom. The van der Waals surface area contributed by atoms with Crippen molar-refractivity contribution in [2.75, 3.05) is 5.32 Å². The van der Waals surface area contributed by atoms with Gasteiger partial charge in [-0.1, -0.05) is 42.5 Å². The van der Waals surface area contributed by atoms with Gasteiger partial charge in [0.2, 0.25) is 5.91 Å². The lowest BCUT2D eigenvalue weighted by Gasteiger charge is -2.16. The number of hydrogen-bond acceptors (Lipinski definition) is 5. The van der Waals surface area contributed by atoms with Gasteiger partial charge in [-0.05, 0) is 29.5 Å². The third kappa shape index (κ3) is 5.04. The van der Waals surface area contributed by atoms with Gasteiger partial charge in [-0.3, -0.25) is 9.59 Å². The van der Waals surface area contributed by atoms with Crippen molar-refractivity contribution in [2.24, 2.45) is 0 Å². The van der Waals surface area contributed by atoms with Crippen LogP contribution in [0.2, 0.25) is 0 Å². The second kappa shape index (κ2) is 8.79. The van der Waals surface area contributed by atoms with E-state index < -0.39 is 10.8 Å². The first kappa shape index (κ1) is 19.7. The van der Waals surface area contributed by atoms with E-state index in [1.807, 2.05) is 37.3 Å². The Kier molecular flexibility index (Phi) is 5.98. The molecule has 0 bridgehead atoms. The summed E-state index contributed by atoms with van der Waals surface area (Å²) >= 11 is 0. The summed E-state index contributed by atoms with van der Waals surface area (Å²) < 4.78 is 1.16. The van der Waals surface area contributed by atoms with Crippen LogP contribution >= 0.6 is 0 Å². The second-order valence-electron chi connectivity index (χ2n) is 6.33. The molecule has 148 valence electrons. The van der Waals surface area contributed by atoms with Gasteiger partial charge in [-0.15, -0.1) is 0 Å². The number of carbonyl (C=O) groups is 2. The molecule has 0 aliphatic carbocycles. The third-order valence-corrected chi connectivity index (χ3v) is 4.21. The standard InChI is InChI=1S/C20H19N5O4/c1-14(15-7-3-2-4-8-15)21-20(27)16-9-5-6-10-17(16)22-19(26)13-24-12-11-18(23-24)25(28)29/h2-12,14H,13H2,1H3,(H,21,27)(H,22,26)/t14-/m0/s1. The van der Waals surface area contributed by atoms with E-state index in [1.54, 1.807) is 24.3 Å². The van der Waals surface area contributed by atoms with Gasteiger partial charge in [0.25, 0.3) is 5.91 Å². The summed E-state index contributed by atoms with van der Waals surface area (Å²) in [4.78, 5) is 35.1. The topological polar surface area (TPSA) is 119 Å². The molecule has 2 amide bonds. The van der Waals surface area contributed by atoms with Crippen LogP contribution < -0.4 is 10.6 Å². The van der Waals surface area contributed by atoms with E-state index in [9.17, 15) is 19.7 Å². The summed E-state index contributed by atoms with van der Waals surface area (Å²) in [6, 6.07) is 17.2. The lowest BCUT2D eigenvalue weighted by molar-refractivity contribution is -0.389. The number of hydrogen-bond donors (Lipinski definition) is 2. The molecule has 0 fully saturated rings. The maximum Gasteiger partial charge on any atom is 0.389 e. The van der Waals surface area contributed by atoms with Gasteiger partial charge in [-0.25, -0.2) is 0 Å². The molecule has 0 saturated carbocycles. The Bertz CT molecular complexity index is 1030. The maximum atomic E-state index is 12.7. The predicted octanol–water partition coefficient (Wildman–Crippen LogP) is 2.92. The summed E-state index contributed by atoms with van der Waals surface area (Å²) in [7, 11) is 0. The van der Waals surface area contributed by atoms with Crippen molar-refractivity contribution in [1.29, 1.82) is 0 Å². The van der Waals surface area contributed by atoms with Gasteiger partial charge in [0.05, 0.1) is 34.7 Å². The monoisotopic (exact) mass is 393 g/mol. The summed E-state index contributed by atoms with van der Waals surface area (Å²) in [6.45, 7) is 1.66. The normalized spacial score (nSPS) is 11.5. The van der Waals surface area contributed by atoms with Crippen LogP contribution in [0.1, 0.15) is 28.9 Å². The highest BCUT2D eigenvalue weighted by atomic mass is 16.6. The van der Waals surface area contributed by atoms with E-state index in [4.69, 9.17) is 0 Å². The third-order valence-electron chi connectivity index (χ3n) is 4.21. The average Bonchev–Trinajstić information content (AvgIpc) is 3.17. The number of nitrogens with one attached hydrogen (secondary N) is 2. The molecule has 1 aromatic heterocycles. The van der Waals surface area contributed by atoms with Gasteiger partial charge < -0.3 is 20.7 Å². The molecule has 0 aliphatic rings. The lowest BCUT2D eigenvalue weighted by atomic mass is 10.1. The van der Waals surface area contributed by atoms with Crippen molar-refractivity contribution in [1.82, 2.24) is 15.1 Å². The number of aromatic nitrogens is 2. The second-order valence-corrected chi connectivity index (χ2v) is 6.33. The molecule has 2 aromatic carbocycles. The van der Waals surface area contributed by atoms with Gasteiger partial charge in [0.1, 0.15) is 6.54 Å². The number of nitro groups is 1. The number of benzene rings is 2. The molecule has 0 saturated heterocycles. The van der Waals surface area contributed by atoms with E-state index in [-0.39, 0.29) is 24.3 Å². The van der Waals surface area contributed by atoms with Crippen LogP contribution in [0.25, 0.3) is 0 Å². The van der Waals surface area contributed by atoms with Crippen molar-refractivity contribution in [2.45, 2.75) is 19.5 Å². The van der Waals surface area contributed by atoms with E-state index in [0.717, 1.165) is 10.2 Å². The molecule has 9 nitrogen and oxygen atoms in total. The zero-order valence-electron chi connectivity index (χ0n) is 15.6. The minimum absolute atomic E-state index is 0.211. The van der Waals surface area contributed by atoms with Gasteiger partial charge in [0, 0.05) is 0 Å². The van der Waals surface area contributed by atoms with Crippen LogP contribution in [-0.2, 0) is 11.3 Å². The van der Waals surface area contributed by atoms with E-state index in [0.29, 0.717) is 11.3 Å². The summed E-state index contributed by atoms with van der Waals surface area (Å²) in [5.74, 6) is -1.13. The molecule has 1 heterocycles. The summed E-state index contributed by atoms with van der Waals surface area (Å²) in [6.07, 6.45) is 1.35. The van der Waals surface area contributed by atoms with E-state index >= 15 is 0 Å². The molecule has 1 atom stereocenters. The molecular weight excluding hydrogens is 374 g/mol. The van der Waals surface area contributed by atoms with Crippen molar-refractivity contribution < 1.29 is 14.5 Å². The number of carbonyl (C=O) groups excluding carboxylic acids is 2. The van der Waals surface area contributed by atoms with Crippen LogP contribution in [0, 0.1) is 10.1 Å². The summed E-state index contributed by atoms with van der Waals surface area (Å²) in [5, 5.41) is 20.0. The summed E-state index contributed by atoms with van der Waals surface area (Å²) in [5.41, 5.74) is 1.62. The number of rotatable bonds is 7. The molecule has 0 unspecified atom stereocenters. The maximum absolute atomic E-state index is 12.7. The molecule has 0 radical (unpaired) electrons. The molecule has 3 aromatic rings. The Hall–Kier alpha value is -4.01. The van der Waals surface area contributed by atoms with Crippen LogP contribution in [0.15, 0.2) is 66.9 Å². The Labute approximate surface area is 166 Å². The number of nitrogens with zero attached hydrogens (tertiary/aromatic N) is 3. The Balaban J connectivity index is 1.68. The van der Waals surface area contributed by atoms with Gasteiger partial charge >= 0.3 is 5.82 Å². The fourth-order valence-electron chi connectivity index (χ4n) is 2.76. The van der Waals surface area contributed by atoms with Crippen LogP contribution in [0.3, 0.4) is 0 Å². The molecule has 3 rings (SSSR count). The lowest BCUT2D eigenvalue weighted by Crippen LogP contribution is -2.28. The van der Waals surface area contributed by atoms with E-state index in [2.05, 4.69) is 15.7 Å². The number of anilines is 1. The highest BCUT2D eigenvalue weighted by Gasteiger charge is 2.17. The van der Waals surface area contributed by atoms with Gasteiger partial charge in [-0.2, -0.15) is 4.68 Å². The molecule has 29 heavy (non-hydrogen) atoms. The van der Waals surface area contributed by atoms with Crippen molar-refractivity contribution in [3.05, 3.63) is 88.1 Å². The fourth-order valence-corrected chi connectivity index (χ4v) is 2.76. The van der Waals surface area contributed by atoms with E-state index in [1.165, 1.54) is 12.3 Å². The minimum Gasteiger partial charge on any atom is -0.358 e. The van der Waals surface area contributed by atoms with Gasteiger partial charge in [0.15, 0.2) is 0 Å². The molecule has 2 N–H and O–H groups in total. The minimum atomic E-state index is -0.637. The SMILES string of the molecule is C[C@H](NC(=O)c1ccccc1NC(=O)Cn1ccc([N+](=O)[O-])n1)c1ccccc1. The highest BCUT2D eigenvalue weighted by Crippen LogP contribution is 2.18. The van der Waals surface area contributed by atoms with Crippen LogP contribution in [0.5, 0.6) is 0 Å². The number of amides is 2. The Morgan fingerprint density at radius 3 is 2.48 bits per heavy atom. The largest absolute Gasteiger partial charge is 0.389 e. The van der Waals surface area contributed by atoms with Crippen molar-refractivity contribution in [3.63, 3.8) is 0 Å². The first-order chi connectivity index (χ1) is 13.9. The molecular formula is C20H19N5O4. The number of para-hydroxylation sites is 1. The smallest absolute Gasteiger partial charge is 0.358 e.